The zero-order valence-corrected chi connectivity index (χ0v) is 11.4. The first-order chi connectivity index (χ1) is 9.63. The third-order valence-electron chi connectivity index (χ3n) is 2.59. The van der Waals surface area contributed by atoms with Crippen molar-refractivity contribution in [1.29, 1.82) is 0 Å². The molecular formula is C13H15FN2O5. The summed E-state index contributed by atoms with van der Waals surface area (Å²) in [4.78, 5) is 33.4. The smallest absolute Gasteiger partial charge is 0.337 e. The Hall–Kier alpha value is -2.48. The molecule has 1 aromatic rings. The van der Waals surface area contributed by atoms with E-state index in [2.05, 4.69) is 10.6 Å². The topological polar surface area (TPSA) is 116 Å². The Morgan fingerprint density at radius 3 is 2.48 bits per heavy atom. The average Bonchev–Trinajstić information content (AvgIpc) is 2.38. The summed E-state index contributed by atoms with van der Waals surface area (Å²) in [5, 5.41) is 22.6. The van der Waals surface area contributed by atoms with Crippen molar-refractivity contribution >= 4 is 23.5 Å². The van der Waals surface area contributed by atoms with E-state index in [9.17, 15) is 23.9 Å². The molecule has 1 unspecified atom stereocenters. The molecule has 0 saturated carbocycles. The molecule has 7 nitrogen and oxygen atoms in total. The maximum atomic E-state index is 13.4. The molecule has 1 rings (SSSR count). The SMILES string of the molecule is CC(=O)Nc1cc(C(=O)NCC(C)(O)C(=O)O)ccc1F. The number of amides is 2. The monoisotopic (exact) mass is 298 g/mol. The van der Waals surface area contributed by atoms with E-state index in [1.165, 1.54) is 13.0 Å². The average molecular weight is 298 g/mol. The molecule has 1 aromatic carbocycles. The van der Waals surface area contributed by atoms with Gasteiger partial charge in [0, 0.05) is 12.5 Å². The van der Waals surface area contributed by atoms with Crippen LogP contribution in [-0.2, 0) is 9.59 Å². The maximum absolute atomic E-state index is 13.4. The number of carboxylic acid groups (broad SMARTS) is 1. The number of hydrogen-bond acceptors (Lipinski definition) is 4. The van der Waals surface area contributed by atoms with Gasteiger partial charge in [-0.15, -0.1) is 0 Å². The summed E-state index contributed by atoms with van der Waals surface area (Å²) in [6, 6.07) is 3.28. The molecule has 8 heteroatoms. The van der Waals surface area contributed by atoms with Crippen LogP contribution in [0.4, 0.5) is 10.1 Å². The lowest BCUT2D eigenvalue weighted by molar-refractivity contribution is -0.155. The second-order valence-corrected chi connectivity index (χ2v) is 4.64. The van der Waals surface area contributed by atoms with Crippen molar-refractivity contribution in [3.63, 3.8) is 0 Å². The number of aliphatic carboxylic acids is 1. The van der Waals surface area contributed by atoms with E-state index >= 15 is 0 Å². The molecule has 0 radical (unpaired) electrons. The number of anilines is 1. The van der Waals surface area contributed by atoms with E-state index in [-0.39, 0.29) is 11.3 Å². The minimum Gasteiger partial charge on any atom is -0.479 e. The third-order valence-corrected chi connectivity index (χ3v) is 2.59. The fraction of sp³-hybridized carbons (Fsp3) is 0.308. The molecule has 0 aliphatic carbocycles. The number of rotatable bonds is 5. The van der Waals surface area contributed by atoms with E-state index < -0.39 is 35.7 Å². The minimum atomic E-state index is -2.11. The van der Waals surface area contributed by atoms with E-state index in [1.54, 1.807) is 0 Å². The summed E-state index contributed by atoms with van der Waals surface area (Å²) in [6.45, 7) is 1.70. The predicted octanol–water partition coefficient (Wildman–Crippen LogP) is 0.349. The summed E-state index contributed by atoms with van der Waals surface area (Å²) < 4.78 is 13.4. The van der Waals surface area contributed by atoms with Crippen LogP contribution in [0.3, 0.4) is 0 Å². The van der Waals surface area contributed by atoms with Crippen LogP contribution in [0, 0.1) is 5.82 Å². The first-order valence-corrected chi connectivity index (χ1v) is 5.94. The second kappa shape index (κ2) is 6.31. The molecule has 4 N–H and O–H groups in total. The van der Waals surface area contributed by atoms with Crippen LogP contribution in [0.15, 0.2) is 18.2 Å². The Kier molecular flexibility index (Phi) is 4.98. The van der Waals surface area contributed by atoms with Gasteiger partial charge in [-0.2, -0.15) is 0 Å². The first kappa shape index (κ1) is 16.6. The Morgan fingerprint density at radius 2 is 1.95 bits per heavy atom. The second-order valence-electron chi connectivity index (χ2n) is 4.64. The normalized spacial score (nSPS) is 13.1. The number of aliphatic hydroxyl groups is 1. The van der Waals surface area contributed by atoms with Crippen LogP contribution in [0.2, 0.25) is 0 Å². The molecular weight excluding hydrogens is 283 g/mol. The molecule has 0 aliphatic heterocycles. The molecule has 0 aromatic heterocycles. The van der Waals surface area contributed by atoms with Gasteiger partial charge < -0.3 is 20.8 Å². The van der Waals surface area contributed by atoms with Gasteiger partial charge in [0.1, 0.15) is 5.82 Å². The number of halogens is 1. The molecule has 1 atom stereocenters. The lowest BCUT2D eigenvalue weighted by Gasteiger charge is -2.18. The highest BCUT2D eigenvalue weighted by atomic mass is 19.1. The summed E-state index contributed by atoms with van der Waals surface area (Å²) in [5.41, 5.74) is -2.27. The van der Waals surface area contributed by atoms with E-state index in [4.69, 9.17) is 5.11 Å². The summed E-state index contributed by atoms with van der Waals surface area (Å²) in [7, 11) is 0. The van der Waals surface area contributed by atoms with Gasteiger partial charge >= 0.3 is 5.97 Å². The molecule has 21 heavy (non-hydrogen) atoms. The van der Waals surface area contributed by atoms with Crippen molar-refractivity contribution in [3.05, 3.63) is 29.6 Å². The predicted molar refractivity (Wildman–Crippen MR) is 71.3 cm³/mol. The van der Waals surface area contributed by atoms with Crippen LogP contribution in [0.1, 0.15) is 24.2 Å². The Morgan fingerprint density at radius 1 is 1.33 bits per heavy atom. The van der Waals surface area contributed by atoms with Crippen molar-refractivity contribution in [3.8, 4) is 0 Å². The highest BCUT2D eigenvalue weighted by Crippen LogP contribution is 2.16. The molecule has 0 aliphatic rings. The number of hydrogen-bond donors (Lipinski definition) is 4. The van der Waals surface area contributed by atoms with E-state index in [0.717, 1.165) is 19.1 Å². The van der Waals surface area contributed by atoms with Crippen molar-refractivity contribution in [2.75, 3.05) is 11.9 Å². The maximum Gasteiger partial charge on any atom is 0.337 e. The van der Waals surface area contributed by atoms with Crippen LogP contribution >= 0.6 is 0 Å². The molecule has 0 spiro atoms. The van der Waals surface area contributed by atoms with Gasteiger partial charge in [-0.1, -0.05) is 0 Å². The molecule has 2 amide bonds. The number of carbonyl (C=O) groups is 3. The van der Waals surface area contributed by atoms with E-state index in [1.807, 2.05) is 0 Å². The Bertz CT molecular complexity index is 586. The van der Waals surface area contributed by atoms with E-state index in [0.29, 0.717) is 0 Å². The fourth-order valence-corrected chi connectivity index (χ4v) is 1.38. The molecule has 114 valence electrons. The minimum absolute atomic E-state index is 0.0151. The van der Waals surface area contributed by atoms with Crippen molar-refractivity contribution in [2.24, 2.45) is 0 Å². The highest BCUT2D eigenvalue weighted by molar-refractivity contribution is 5.97. The van der Waals surface area contributed by atoms with Gasteiger partial charge in [-0.25, -0.2) is 9.18 Å². The van der Waals surface area contributed by atoms with Crippen molar-refractivity contribution < 1.29 is 29.0 Å². The van der Waals surface area contributed by atoms with Gasteiger partial charge in [0.05, 0.1) is 12.2 Å². The number of nitrogens with one attached hydrogen (secondary N) is 2. The lowest BCUT2D eigenvalue weighted by Crippen LogP contribution is -2.46. The molecule has 0 bridgehead atoms. The van der Waals surface area contributed by atoms with Crippen molar-refractivity contribution in [1.82, 2.24) is 5.32 Å². The quantitative estimate of drug-likeness (QED) is 0.626. The zero-order chi connectivity index (χ0) is 16.2. The molecule has 0 fully saturated rings. The lowest BCUT2D eigenvalue weighted by atomic mass is 10.1. The number of benzene rings is 1. The van der Waals surface area contributed by atoms with Gasteiger partial charge in [-0.3, -0.25) is 9.59 Å². The number of carbonyl (C=O) groups excluding carboxylic acids is 2. The van der Waals surface area contributed by atoms with Crippen LogP contribution in [-0.4, -0.2) is 40.1 Å². The van der Waals surface area contributed by atoms with Gasteiger partial charge in [-0.05, 0) is 25.1 Å². The largest absolute Gasteiger partial charge is 0.479 e. The fourth-order valence-electron chi connectivity index (χ4n) is 1.38. The number of carboxylic acids is 1. The van der Waals surface area contributed by atoms with Crippen molar-refractivity contribution in [2.45, 2.75) is 19.4 Å². The standard InChI is InChI=1S/C13H15FN2O5/c1-7(17)16-10-5-8(3-4-9(10)14)11(18)15-6-13(2,21)12(19)20/h3-5,21H,6H2,1-2H3,(H,15,18)(H,16,17)(H,19,20). The zero-order valence-electron chi connectivity index (χ0n) is 11.4. The van der Waals surface area contributed by atoms with Gasteiger partial charge in [0.2, 0.25) is 5.91 Å². The van der Waals surface area contributed by atoms with Crippen LogP contribution in [0.25, 0.3) is 0 Å². The summed E-state index contributed by atoms with van der Waals surface area (Å²) in [6.07, 6.45) is 0. The van der Waals surface area contributed by atoms with Crippen LogP contribution < -0.4 is 10.6 Å². The summed E-state index contributed by atoms with van der Waals surface area (Å²) >= 11 is 0. The summed E-state index contributed by atoms with van der Waals surface area (Å²) in [5.74, 6) is -3.40. The van der Waals surface area contributed by atoms with Crippen LogP contribution in [0.5, 0.6) is 0 Å². The Balaban J connectivity index is 2.84. The molecule has 0 heterocycles. The molecule has 0 saturated heterocycles. The first-order valence-electron chi connectivity index (χ1n) is 5.94. The van der Waals surface area contributed by atoms with Gasteiger partial charge in [0.15, 0.2) is 5.60 Å². The highest BCUT2D eigenvalue weighted by Gasteiger charge is 2.30. The van der Waals surface area contributed by atoms with Gasteiger partial charge in [0.25, 0.3) is 5.91 Å². The third kappa shape index (κ3) is 4.53. The Labute approximate surface area is 119 Å².